The van der Waals surface area contributed by atoms with E-state index >= 15 is 0 Å². The minimum atomic E-state index is -4.82. The second-order valence-corrected chi connectivity index (χ2v) is 7.46. The zero-order chi connectivity index (χ0) is 20.9. The number of H-pyrrole nitrogens is 1. The summed E-state index contributed by atoms with van der Waals surface area (Å²) in [7, 11) is 0. The number of hydrogen-bond donors (Lipinski definition) is 1. The minimum Gasteiger partial charge on any atom is -0.409 e. The fraction of sp³-hybridized carbons (Fsp3) is 0.684. The van der Waals surface area contributed by atoms with Crippen LogP contribution in [0, 0.1) is 5.92 Å². The predicted molar refractivity (Wildman–Crippen MR) is 99.4 cm³/mol. The van der Waals surface area contributed by atoms with E-state index in [-0.39, 0.29) is 17.7 Å². The molecular weight excluding hydrogens is 375 g/mol. The first-order valence-corrected chi connectivity index (χ1v) is 9.64. The van der Waals surface area contributed by atoms with Crippen LogP contribution in [-0.4, -0.2) is 53.1 Å². The van der Waals surface area contributed by atoms with E-state index in [1.165, 1.54) is 0 Å². The molecule has 1 unspecified atom stereocenters. The van der Waals surface area contributed by atoms with Crippen LogP contribution in [0.5, 0.6) is 5.75 Å². The van der Waals surface area contributed by atoms with E-state index in [1.54, 1.807) is 4.90 Å². The molecule has 9 heteroatoms. The average molecular weight is 403 g/mol. The summed E-state index contributed by atoms with van der Waals surface area (Å²) < 4.78 is 43.8. The molecule has 0 spiro atoms. The fourth-order valence-electron chi connectivity index (χ4n) is 3.35. The van der Waals surface area contributed by atoms with Gasteiger partial charge in [0, 0.05) is 31.9 Å². The first-order chi connectivity index (χ1) is 13.1. The lowest BCUT2D eigenvalue weighted by atomic mass is 10.00. The number of aromatic nitrogens is 1. The molecule has 1 aliphatic heterocycles. The van der Waals surface area contributed by atoms with Crippen molar-refractivity contribution in [1.82, 2.24) is 14.8 Å². The molecule has 1 amide bonds. The highest BCUT2D eigenvalue weighted by molar-refractivity contribution is 5.71. The molecule has 2 rings (SSSR count). The smallest absolute Gasteiger partial charge is 0.409 e. The number of amides is 1. The number of pyridine rings is 1. The second kappa shape index (κ2) is 9.45. The number of rotatable bonds is 6. The van der Waals surface area contributed by atoms with Gasteiger partial charge in [0.2, 0.25) is 0 Å². The lowest BCUT2D eigenvalue weighted by molar-refractivity contribution is -0.138. The summed E-state index contributed by atoms with van der Waals surface area (Å²) in [6, 6.07) is 0.468. The zero-order valence-corrected chi connectivity index (χ0v) is 16.5. The van der Waals surface area contributed by atoms with E-state index in [0.29, 0.717) is 25.7 Å². The van der Waals surface area contributed by atoms with Gasteiger partial charge in [-0.3, -0.25) is 9.69 Å². The molecule has 2 heterocycles. The third-order valence-electron chi connectivity index (χ3n) is 4.97. The molecule has 158 valence electrons. The first kappa shape index (κ1) is 22.3. The van der Waals surface area contributed by atoms with Gasteiger partial charge in [-0.2, -0.15) is 13.2 Å². The first-order valence-electron chi connectivity index (χ1n) is 9.64. The van der Waals surface area contributed by atoms with E-state index in [2.05, 4.69) is 11.8 Å². The third-order valence-corrected chi connectivity index (χ3v) is 4.97. The Morgan fingerprint density at radius 3 is 2.64 bits per heavy atom. The van der Waals surface area contributed by atoms with Crippen molar-refractivity contribution in [2.75, 3.05) is 26.2 Å². The molecule has 1 N–H and O–H groups in total. The summed E-state index contributed by atoms with van der Waals surface area (Å²) in [5.74, 6) is -0.160. The number of ether oxygens (including phenoxy) is 1. The van der Waals surface area contributed by atoms with Crippen molar-refractivity contribution in [3.05, 3.63) is 28.2 Å². The maximum atomic E-state index is 12.9. The van der Waals surface area contributed by atoms with Gasteiger partial charge in [0.15, 0.2) is 0 Å². The predicted octanol–water partition coefficient (Wildman–Crippen LogP) is 3.72. The van der Waals surface area contributed by atoms with Crippen LogP contribution in [0.25, 0.3) is 0 Å². The van der Waals surface area contributed by atoms with E-state index in [9.17, 15) is 22.8 Å². The van der Waals surface area contributed by atoms with Gasteiger partial charge in [0.1, 0.15) is 11.3 Å². The molecular formula is C19H28F3N3O3. The number of carbonyl (C=O) groups is 1. The van der Waals surface area contributed by atoms with E-state index in [4.69, 9.17) is 4.74 Å². The van der Waals surface area contributed by atoms with Crippen molar-refractivity contribution in [1.29, 1.82) is 0 Å². The number of aromatic amines is 1. The Bertz CT molecular complexity index is 718. The number of nitrogens with one attached hydrogen (secondary N) is 1. The van der Waals surface area contributed by atoms with Crippen LogP contribution >= 0.6 is 0 Å². The number of halogens is 3. The van der Waals surface area contributed by atoms with Gasteiger partial charge in [0.05, 0.1) is 6.04 Å². The highest BCUT2D eigenvalue weighted by Gasteiger charge is 2.36. The molecule has 0 aromatic carbocycles. The van der Waals surface area contributed by atoms with Crippen molar-refractivity contribution in [2.24, 2.45) is 5.92 Å². The van der Waals surface area contributed by atoms with Gasteiger partial charge in [-0.15, -0.1) is 0 Å². The van der Waals surface area contributed by atoms with Crippen molar-refractivity contribution in [2.45, 2.75) is 52.3 Å². The molecule has 0 saturated carbocycles. The number of carbonyl (C=O) groups excluding carboxylic acids is 1. The molecule has 0 radical (unpaired) electrons. The average Bonchev–Trinajstić information content (AvgIpc) is 2.62. The molecule has 1 aromatic heterocycles. The van der Waals surface area contributed by atoms with Gasteiger partial charge >= 0.3 is 12.3 Å². The van der Waals surface area contributed by atoms with Crippen molar-refractivity contribution in [3.8, 4) is 5.75 Å². The summed E-state index contributed by atoms with van der Waals surface area (Å²) >= 11 is 0. The van der Waals surface area contributed by atoms with Crippen LogP contribution in [0.4, 0.5) is 18.0 Å². The summed E-state index contributed by atoms with van der Waals surface area (Å²) in [6.45, 7) is 8.96. The molecule has 1 fully saturated rings. The van der Waals surface area contributed by atoms with Crippen LogP contribution in [0.15, 0.2) is 17.1 Å². The Hall–Kier alpha value is -2.03. The molecule has 1 aliphatic rings. The molecule has 1 atom stereocenters. The Morgan fingerprint density at radius 2 is 2.04 bits per heavy atom. The van der Waals surface area contributed by atoms with Gasteiger partial charge in [0.25, 0.3) is 5.56 Å². The van der Waals surface area contributed by atoms with Crippen molar-refractivity contribution >= 4 is 6.09 Å². The van der Waals surface area contributed by atoms with Crippen molar-refractivity contribution in [3.63, 3.8) is 0 Å². The maximum Gasteiger partial charge on any atom is 0.421 e. The molecule has 0 aliphatic carbocycles. The molecule has 1 saturated heterocycles. The topological polar surface area (TPSA) is 65.6 Å². The zero-order valence-electron chi connectivity index (χ0n) is 16.5. The Balaban J connectivity index is 2.08. The third kappa shape index (κ3) is 5.73. The highest BCUT2D eigenvalue weighted by atomic mass is 19.4. The summed E-state index contributed by atoms with van der Waals surface area (Å²) in [4.78, 5) is 29.8. The van der Waals surface area contributed by atoms with Gasteiger partial charge < -0.3 is 14.6 Å². The fourth-order valence-corrected chi connectivity index (χ4v) is 3.35. The van der Waals surface area contributed by atoms with E-state index in [1.807, 2.05) is 18.8 Å². The van der Waals surface area contributed by atoms with Crippen LogP contribution < -0.4 is 10.3 Å². The van der Waals surface area contributed by atoms with Crippen LogP contribution in [-0.2, 0) is 6.18 Å². The van der Waals surface area contributed by atoms with Crippen LogP contribution in [0.3, 0.4) is 0 Å². The normalized spacial score (nSPS) is 18.5. The standard InChI is InChI=1S/C19H28F3N3O3/c1-4-5-6-7-24-8-9-25(16(12-24)13(2)3)18(27)28-14-10-15(19(20,21)22)17(26)23-11-14/h10-11,13,16H,4-9,12H2,1-3H3,(H,23,26). The molecule has 28 heavy (non-hydrogen) atoms. The van der Waals surface area contributed by atoms with Crippen molar-refractivity contribution < 1.29 is 22.7 Å². The monoisotopic (exact) mass is 403 g/mol. The second-order valence-electron chi connectivity index (χ2n) is 7.46. The summed E-state index contributed by atoms with van der Waals surface area (Å²) in [6.07, 6.45) is -1.15. The lowest BCUT2D eigenvalue weighted by Crippen LogP contribution is -2.57. The Morgan fingerprint density at radius 1 is 1.32 bits per heavy atom. The number of hydrogen-bond acceptors (Lipinski definition) is 4. The quantitative estimate of drug-likeness (QED) is 0.735. The van der Waals surface area contributed by atoms with Gasteiger partial charge in [-0.25, -0.2) is 4.79 Å². The number of alkyl halides is 3. The van der Waals surface area contributed by atoms with E-state index < -0.39 is 23.4 Å². The minimum absolute atomic E-state index is 0.0901. The van der Waals surface area contributed by atoms with Gasteiger partial charge in [-0.05, 0) is 18.9 Å². The maximum absolute atomic E-state index is 12.9. The van der Waals surface area contributed by atoms with Crippen LogP contribution in [0.2, 0.25) is 0 Å². The molecule has 1 aromatic rings. The van der Waals surface area contributed by atoms with E-state index in [0.717, 1.165) is 32.0 Å². The molecule has 0 bridgehead atoms. The van der Waals surface area contributed by atoms with Gasteiger partial charge in [-0.1, -0.05) is 33.6 Å². The summed E-state index contributed by atoms with van der Waals surface area (Å²) in [5.41, 5.74) is -2.66. The SMILES string of the molecule is CCCCCN1CCN(C(=O)Oc2c[nH]c(=O)c(C(F)(F)F)c2)C(C(C)C)C1. The highest BCUT2D eigenvalue weighted by Crippen LogP contribution is 2.28. The number of unbranched alkanes of at least 4 members (excludes halogenated alkanes) is 2. The lowest BCUT2D eigenvalue weighted by Gasteiger charge is -2.42. The summed E-state index contributed by atoms with van der Waals surface area (Å²) in [5, 5.41) is 0. The largest absolute Gasteiger partial charge is 0.421 e. The number of nitrogens with zero attached hydrogens (tertiary/aromatic N) is 2. The number of piperazine rings is 1. The Kier molecular flexibility index (Phi) is 7.51. The Labute approximate surface area is 162 Å². The molecule has 6 nitrogen and oxygen atoms in total. The van der Waals surface area contributed by atoms with Crippen LogP contribution in [0.1, 0.15) is 45.6 Å².